The lowest BCUT2D eigenvalue weighted by molar-refractivity contribution is -0.0498. The molecule has 2 aromatic carbocycles. The van der Waals surface area contributed by atoms with Gasteiger partial charge >= 0.3 is 6.61 Å². The highest BCUT2D eigenvalue weighted by Crippen LogP contribution is 2.29. The van der Waals surface area contributed by atoms with Crippen LogP contribution in [0.4, 0.5) is 14.5 Å². The summed E-state index contributed by atoms with van der Waals surface area (Å²) in [5.74, 6) is -0.281. The molecule has 0 unspecified atom stereocenters. The van der Waals surface area contributed by atoms with Crippen LogP contribution in [0, 0.1) is 11.3 Å². The predicted octanol–water partition coefficient (Wildman–Crippen LogP) is 3.76. The minimum atomic E-state index is -3.85. The average molecular weight is 442 g/mol. The van der Waals surface area contributed by atoms with Crippen LogP contribution in [0.5, 0.6) is 5.75 Å². The topological polar surface area (TPSA) is 82.4 Å². The lowest BCUT2D eigenvalue weighted by Gasteiger charge is -2.33. The van der Waals surface area contributed by atoms with E-state index in [4.69, 9.17) is 16.9 Å². The quantitative estimate of drug-likeness (QED) is 0.738. The highest BCUT2D eigenvalue weighted by atomic mass is 35.5. The smallest absolute Gasteiger partial charge is 0.387 e. The zero-order chi connectivity index (χ0) is 21.0. The largest absolute Gasteiger partial charge is 0.433 e. The number of rotatable bonds is 6. The number of piperidine rings is 1. The van der Waals surface area contributed by atoms with Gasteiger partial charge in [0.15, 0.2) is 0 Å². The van der Waals surface area contributed by atoms with Crippen molar-refractivity contribution >= 4 is 27.3 Å². The molecule has 6 nitrogen and oxygen atoms in total. The Bertz CT molecular complexity index is 1000. The van der Waals surface area contributed by atoms with Crippen molar-refractivity contribution in [2.45, 2.75) is 30.4 Å². The Morgan fingerprint density at radius 2 is 1.83 bits per heavy atom. The molecule has 0 radical (unpaired) electrons. The maximum atomic E-state index is 12.6. The van der Waals surface area contributed by atoms with Gasteiger partial charge < -0.3 is 9.64 Å². The van der Waals surface area contributed by atoms with E-state index >= 15 is 0 Å². The molecule has 0 atom stereocenters. The lowest BCUT2D eigenvalue weighted by atomic mass is 10.1. The summed E-state index contributed by atoms with van der Waals surface area (Å²) in [6, 6.07) is 12.4. The number of benzene rings is 2. The van der Waals surface area contributed by atoms with Gasteiger partial charge in [0.05, 0.1) is 21.6 Å². The van der Waals surface area contributed by atoms with Gasteiger partial charge in [0.2, 0.25) is 10.0 Å². The van der Waals surface area contributed by atoms with Crippen molar-refractivity contribution in [1.82, 2.24) is 4.72 Å². The number of hydrogen-bond acceptors (Lipinski definition) is 5. The van der Waals surface area contributed by atoms with Crippen LogP contribution < -0.4 is 14.4 Å². The number of nitrogens with zero attached hydrogens (tertiary/aromatic N) is 2. The van der Waals surface area contributed by atoms with E-state index in [-0.39, 0.29) is 21.7 Å². The number of sulfonamides is 1. The number of nitrogens with one attached hydrogen (secondary N) is 1. The molecular weight excluding hydrogens is 424 g/mol. The number of anilines is 1. The Balaban J connectivity index is 1.61. The maximum absolute atomic E-state index is 12.6. The summed E-state index contributed by atoms with van der Waals surface area (Å²) in [4.78, 5) is 2.01. The zero-order valence-corrected chi connectivity index (χ0v) is 16.8. The van der Waals surface area contributed by atoms with Gasteiger partial charge in [-0.1, -0.05) is 11.6 Å². The normalized spacial score (nSPS) is 15.3. The number of alkyl halides is 2. The van der Waals surface area contributed by atoms with Crippen molar-refractivity contribution in [3.63, 3.8) is 0 Å². The molecule has 1 aliphatic rings. The first-order chi connectivity index (χ1) is 13.8. The molecule has 1 saturated heterocycles. The highest BCUT2D eigenvalue weighted by Gasteiger charge is 2.25. The van der Waals surface area contributed by atoms with E-state index in [9.17, 15) is 17.2 Å². The van der Waals surface area contributed by atoms with E-state index in [0.717, 1.165) is 17.8 Å². The second kappa shape index (κ2) is 8.95. The van der Waals surface area contributed by atoms with E-state index in [1.807, 2.05) is 12.1 Å². The minimum absolute atomic E-state index is 0.112. The van der Waals surface area contributed by atoms with Crippen LogP contribution in [0.15, 0.2) is 47.4 Å². The van der Waals surface area contributed by atoms with Gasteiger partial charge in [-0.25, -0.2) is 13.1 Å². The van der Waals surface area contributed by atoms with Crippen LogP contribution in [0.3, 0.4) is 0 Å². The molecule has 1 N–H and O–H groups in total. The van der Waals surface area contributed by atoms with E-state index in [2.05, 4.69) is 20.4 Å². The first-order valence-corrected chi connectivity index (χ1v) is 10.7. The van der Waals surface area contributed by atoms with Crippen molar-refractivity contribution in [3.05, 3.63) is 53.1 Å². The molecule has 2 aromatic rings. The number of hydrogen-bond donors (Lipinski definition) is 1. The summed E-state index contributed by atoms with van der Waals surface area (Å²) in [5.41, 5.74) is 1.56. The van der Waals surface area contributed by atoms with Gasteiger partial charge in [0, 0.05) is 24.8 Å². The van der Waals surface area contributed by atoms with Crippen molar-refractivity contribution in [2.24, 2.45) is 0 Å². The van der Waals surface area contributed by atoms with Crippen LogP contribution >= 0.6 is 11.6 Å². The molecule has 0 spiro atoms. The molecule has 10 heteroatoms. The van der Waals surface area contributed by atoms with E-state index in [1.165, 1.54) is 6.07 Å². The van der Waals surface area contributed by atoms with Crippen molar-refractivity contribution in [3.8, 4) is 11.8 Å². The van der Waals surface area contributed by atoms with Gasteiger partial charge in [-0.15, -0.1) is 0 Å². The lowest BCUT2D eigenvalue weighted by Crippen LogP contribution is -2.44. The van der Waals surface area contributed by atoms with Crippen LogP contribution in [0.25, 0.3) is 0 Å². The molecule has 0 aromatic heterocycles. The number of nitriles is 1. The third-order valence-electron chi connectivity index (χ3n) is 4.61. The summed E-state index contributed by atoms with van der Waals surface area (Å²) in [6.45, 7) is -1.74. The van der Waals surface area contributed by atoms with Crippen molar-refractivity contribution < 1.29 is 21.9 Å². The summed E-state index contributed by atoms with van der Waals surface area (Å²) >= 11 is 5.85. The van der Waals surface area contributed by atoms with Gasteiger partial charge in [-0.2, -0.15) is 14.0 Å². The highest BCUT2D eigenvalue weighted by molar-refractivity contribution is 7.89. The Hall–Kier alpha value is -2.41. The molecule has 0 bridgehead atoms. The van der Waals surface area contributed by atoms with Gasteiger partial charge in [0.1, 0.15) is 5.75 Å². The van der Waals surface area contributed by atoms with Gasteiger partial charge in [-0.3, -0.25) is 0 Å². The fourth-order valence-electron chi connectivity index (χ4n) is 3.13. The number of halogens is 3. The fourth-order valence-corrected chi connectivity index (χ4v) is 4.75. The third-order valence-corrected chi connectivity index (χ3v) is 6.42. The molecule has 0 amide bonds. The fraction of sp³-hybridized carbons (Fsp3) is 0.316. The second-order valence-corrected chi connectivity index (χ2v) is 8.63. The van der Waals surface area contributed by atoms with Crippen molar-refractivity contribution in [1.29, 1.82) is 5.26 Å². The first-order valence-electron chi connectivity index (χ1n) is 8.80. The average Bonchev–Trinajstić information content (AvgIpc) is 2.69. The molecule has 1 aliphatic heterocycles. The van der Waals surface area contributed by atoms with Crippen molar-refractivity contribution in [2.75, 3.05) is 18.0 Å². The standard InChI is InChI=1S/C19H18ClF2N3O3S/c20-17-11-16(5-6-18(17)28-19(21)22)29(26,27)24-14-7-9-25(10-8-14)15-3-1-13(12-23)2-4-15/h1-6,11,14,19,24H,7-10H2. The summed E-state index contributed by atoms with van der Waals surface area (Å²) < 4.78 is 56.7. The first kappa shape index (κ1) is 21.3. The molecule has 154 valence electrons. The Labute approximate surface area is 172 Å². The maximum Gasteiger partial charge on any atom is 0.387 e. The molecule has 3 rings (SSSR count). The second-order valence-electron chi connectivity index (χ2n) is 6.51. The molecule has 0 aliphatic carbocycles. The Kier molecular flexibility index (Phi) is 6.57. The molecular formula is C19H18ClF2N3O3S. The SMILES string of the molecule is N#Cc1ccc(N2CCC(NS(=O)(=O)c3ccc(OC(F)F)c(Cl)c3)CC2)cc1. The molecule has 0 saturated carbocycles. The van der Waals surface area contributed by atoms with Crippen LogP contribution in [-0.4, -0.2) is 34.2 Å². The van der Waals surface area contributed by atoms with Crippen LogP contribution in [0.1, 0.15) is 18.4 Å². The minimum Gasteiger partial charge on any atom is -0.433 e. The molecule has 29 heavy (non-hydrogen) atoms. The summed E-state index contributed by atoms with van der Waals surface area (Å²) in [6.07, 6.45) is 1.19. The summed E-state index contributed by atoms with van der Waals surface area (Å²) in [7, 11) is -3.85. The van der Waals surface area contributed by atoms with E-state index in [0.29, 0.717) is 31.5 Å². The van der Waals surface area contributed by atoms with Gasteiger partial charge in [-0.05, 0) is 55.3 Å². The number of ether oxygens (including phenoxy) is 1. The van der Waals surface area contributed by atoms with Gasteiger partial charge in [0.25, 0.3) is 0 Å². The third kappa shape index (κ3) is 5.35. The summed E-state index contributed by atoms with van der Waals surface area (Å²) in [5, 5.41) is 8.66. The molecule has 1 heterocycles. The Morgan fingerprint density at radius 3 is 2.38 bits per heavy atom. The van der Waals surface area contributed by atoms with Crippen LogP contribution in [-0.2, 0) is 10.0 Å². The van der Waals surface area contributed by atoms with E-state index in [1.54, 1.807) is 12.1 Å². The molecule has 1 fully saturated rings. The zero-order valence-electron chi connectivity index (χ0n) is 15.2. The van der Waals surface area contributed by atoms with E-state index < -0.39 is 16.6 Å². The monoisotopic (exact) mass is 441 g/mol. The predicted molar refractivity (Wildman–Crippen MR) is 105 cm³/mol. The Morgan fingerprint density at radius 1 is 1.17 bits per heavy atom. The van der Waals surface area contributed by atoms with Crippen LogP contribution in [0.2, 0.25) is 5.02 Å².